The minimum Gasteiger partial charge on any atom is -0.362 e. The topological polar surface area (TPSA) is 53.1 Å². The number of nitrogens with one attached hydrogen (secondary N) is 2. The molecule has 5 nitrogen and oxygen atoms in total. The maximum atomic E-state index is 4.79. The Balaban J connectivity index is 1.29. The van der Waals surface area contributed by atoms with Crippen LogP contribution in [0.2, 0.25) is 0 Å². The van der Waals surface area contributed by atoms with Crippen LogP contribution in [-0.2, 0) is 6.42 Å². The van der Waals surface area contributed by atoms with Gasteiger partial charge in [0.1, 0.15) is 5.82 Å². The first-order chi connectivity index (χ1) is 14.6. The summed E-state index contributed by atoms with van der Waals surface area (Å²) in [5.74, 6) is 1.70. The second kappa shape index (κ2) is 9.75. The lowest BCUT2D eigenvalue weighted by Gasteiger charge is -2.30. The SMILES string of the molecule is CN(C)c1nc(NC2CCC(NCCc3ccc(Br)cc3)CC2)nc2ccccc12. The molecule has 0 spiro atoms. The molecule has 1 aliphatic carbocycles. The third-order valence-electron chi connectivity index (χ3n) is 5.83. The Morgan fingerprint density at radius 1 is 0.933 bits per heavy atom. The van der Waals surface area contributed by atoms with Crippen LogP contribution in [0.15, 0.2) is 53.0 Å². The molecule has 6 heteroatoms. The summed E-state index contributed by atoms with van der Waals surface area (Å²) in [5, 5.41) is 8.42. The van der Waals surface area contributed by atoms with Gasteiger partial charge < -0.3 is 15.5 Å². The predicted molar refractivity (Wildman–Crippen MR) is 129 cm³/mol. The van der Waals surface area contributed by atoms with Gasteiger partial charge in [-0.2, -0.15) is 4.98 Å². The van der Waals surface area contributed by atoms with Crippen LogP contribution in [0.1, 0.15) is 31.2 Å². The van der Waals surface area contributed by atoms with E-state index in [0.717, 1.165) is 52.9 Å². The van der Waals surface area contributed by atoms with Crippen molar-refractivity contribution in [2.45, 2.75) is 44.2 Å². The number of fused-ring (bicyclic) bond motifs is 1. The van der Waals surface area contributed by atoms with E-state index >= 15 is 0 Å². The third-order valence-corrected chi connectivity index (χ3v) is 6.36. The van der Waals surface area contributed by atoms with E-state index in [9.17, 15) is 0 Å². The molecule has 0 unspecified atom stereocenters. The molecule has 0 aliphatic heterocycles. The van der Waals surface area contributed by atoms with Crippen LogP contribution in [0.4, 0.5) is 11.8 Å². The van der Waals surface area contributed by atoms with Gasteiger partial charge in [-0.3, -0.25) is 0 Å². The molecule has 0 saturated heterocycles. The molecule has 3 aromatic rings. The highest BCUT2D eigenvalue weighted by atomic mass is 79.9. The second-order valence-electron chi connectivity index (χ2n) is 8.31. The number of hydrogen-bond donors (Lipinski definition) is 2. The number of nitrogens with zero attached hydrogens (tertiary/aromatic N) is 3. The maximum absolute atomic E-state index is 4.79. The molecule has 2 N–H and O–H groups in total. The van der Waals surface area contributed by atoms with Gasteiger partial charge in [0.15, 0.2) is 0 Å². The van der Waals surface area contributed by atoms with Crippen LogP contribution in [-0.4, -0.2) is 42.7 Å². The first-order valence-electron chi connectivity index (χ1n) is 10.8. The molecule has 0 atom stereocenters. The molecular formula is C24H30BrN5. The molecule has 1 heterocycles. The van der Waals surface area contributed by atoms with Gasteiger partial charge in [0.2, 0.25) is 5.95 Å². The molecule has 30 heavy (non-hydrogen) atoms. The molecule has 4 rings (SSSR count). The highest BCUT2D eigenvalue weighted by Gasteiger charge is 2.22. The fourth-order valence-electron chi connectivity index (χ4n) is 4.16. The summed E-state index contributed by atoms with van der Waals surface area (Å²) in [7, 11) is 4.06. The standard InChI is InChI=1S/C24H30BrN5/c1-30(2)23-21-5-3-4-6-22(21)28-24(29-23)27-20-13-11-19(12-14-20)26-16-15-17-7-9-18(25)10-8-17/h3-10,19-20,26H,11-16H2,1-2H3,(H,27,28,29). The zero-order chi connectivity index (χ0) is 20.9. The number of hydrogen-bond acceptors (Lipinski definition) is 5. The van der Waals surface area contributed by atoms with E-state index in [4.69, 9.17) is 9.97 Å². The van der Waals surface area contributed by atoms with E-state index in [2.05, 4.69) is 67.9 Å². The Morgan fingerprint density at radius 3 is 2.37 bits per heavy atom. The lowest BCUT2D eigenvalue weighted by Crippen LogP contribution is -2.38. The van der Waals surface area contributed by atoms with Crippen LogP contribution < -0.4 is 15.5 Å². The Bertz CT molecular complexity index is 965. The van der Waals surface area contributed by atoms with Gasteiger partial charge in [0.05, 0.1) is 5.52 Å². The maximum Gasteiger partial charge on any atom is 0.225 e. The Labute approximate surface area is 187 Å². The van der Waals surface area contributed by atoms with Gasteiger partial charge in [0.25, 0.3) is 0 Å². The van der Waals surface area contributed by atoms with Gasteiger partial charge in [-0.05, 0) is 68.5 Å². The van der Waals surface area contributed by atoms with Crippen molar-refractivity contribution in [2.24, 2.45) is 0 Å². The van der Waals surface area contributed by atoms with Crippen LogP contribution in [0.25, 0.3) is 10.9 Å². The molecule has 2 aromatic carbocycles. The Hall–Kier alpha value is -2.18. The fourth-order valence-corrected chi connectivity index (χ4v) is 4.43. The zero-order valence-electron chi connectivity index (χ0n) is 17.7. The molecule has 1 saturated carbocycles. The van der Waals surface area contributed by atoms with Gasteiger partial charge in [0, 0.05) is 36.0 Å². The van der Waals surface area contributed by atoms with Crippen LogP contribution >= 0.6 is 15.9 Å². The van der Waals surface area contributed by atoms with Crippen molar-refractivity contribution in [1.29, 1.82) is 0 Å². The minimum absolute atomic E-state index is 0.436. The average Bonchev–Trinajstić information content (AvgIpc) is 2.76. The molecule has 0 bridgehead atoms. The van der Waals surface area contributed by atoms with Crippen molar-refractivity contribution < 1.29 is 0 Å². The van der Waals surface area contributed by atoms with E-state index in [1.165, 1.54) is 18.4 Å². The quantitative estimate of drug-likeness (QED) is 0.511. The molecule has 1 fully saturated rings. The van der Waals surface area contributed by atoms with Gasteiger partial charge >= 0.3 is 0 Å². The largest absolute Gasteiger partial charge is 0.362 e. The number of benzene rings is 2. The van der Waals surface area contributed by atoms with Crippen molar-refractivity contribution in [3.05, 3.63) is 58.6 Å². The van der Waals surface area contributed by atoms with E-state index < -0.39 is 0 Å². The third kappa shape index (κ3) is 5.29. The smallest absolute Gasteiger partial charge is 0.225 e. The lowest BCUT2D eigenvalue weighted by atomic mass is 9.91. The van der Waals surface area contributed by atoms with Crippen molar-refractivity contribution in [2.75, 3.05) is 30.9 Å². The van der Waals surface area contributed by atoms with Crippen molar-refractivity contribution in [3.63, 3.8) is 0 Å². The molecule has 0 radical (unpaired) electrons. The number of halogens is 1. The Kier molecular flexibility index (Phi) is 6.85. The molecular weight excluding hydrogens is 438 g/mol. The molecule has 0 amide bonds. The minimum atomic E-state index is 0.436. The van der Waals surface area contributed by atoms with Crippen molar-refractivity contribution >= 4 is 38.6 Å². The van der Waals surface area contributed by atoms with Gasteiger partial charge in [-0.15, -0.1) is 0 Å². The number of aromatic nitrogens is 2. The second-order valence-corrected chi connectivity index (χ2v) is 9.22. The van der Waals surface area contributed by atoms with Gasteiger partial charge in [-0.25, -0.2) is 4.98 Å². The summed E-state index contributed by atoms with van der Waals surface area (Å²) in [6, 6.07) is 17.9. The number of rotatable bonds is 7. The summed E-state index contributed by atoms with van der Waals surface area (Å²) >= 11 is 3.50. The van der Waals surface area contributed by atoms with E-state index in [1.54, 1.807) is 0 Å². The van der Waals surface area contributed by atoms with Crippen LogP contribution in [0.5, 0.6) is 0 Å². The van der Waals surface area contributed by atoms with E-state index in [1.807, 2.05) is 26.2 Å². The van der Waals surface area contributed by atoms with E-state index in [0.29, 0.717) is 12.1 Å². The van der Waals surface area contributed by atoms with Crippen LogP contribution in [0.3, 0.4) is 0 Å². The highest BCUT2D eigenvalue weighted by Crippen LogP contribution is 2.26. The molecule has 1 aliphatic rings. The average molecular weight is 468 g/mol. The molecule has 158 valence electrons. The van der Waals surface area contributed by atoms with Crippen LogP contribution in [0, 0.1) is 0 Å². The zero-order valence-corrected chi connectivity index (χ0v) is 19.3. The fraction of sp³-hybridized carbons (Fsp3) is 0.417. The highest BCUT2D eigenvalue weighted by molar-refractivity contribution is 9.10. The summed E-state index contributed by atoms with van der Waals surface area (Å²) in [6.07, 6.45) is 5.73. The van der Waals surface area contributed by atoms with E-state index in [-0.39, 0.29) is 0 Å². The van der Waals surface area contributed by atoms with Gasteiger partial charge in [-0.1, -0.05) is 40.2 Å². The summed E-state index contributed by atoms with van der Waals surface area (Å²) < 4.78 is 1.14. The summed E-state index contributed by atoms with van der Waals surface area (Å²) in [5.41, 5.74) is 2.37. The first-order valence-corrected chi connectivity index (χ1v) is 11.6. The normalized spacial score (nSPS) is 19.0. The number of anilines is 2. The van der Waals surface area contributed by atoms with Crippen molar-refractivity contribution in [3.8, 4) is 0 Å². The lowest BCUT2D eigenvalue weighted by molar-refractivity contribution is 0.355. The van der Waals surface area contributed by atoms with Crippen molar-refractivity contribution in [1.82, 2.24) is 15.3 Å². The monoisotopic (exact) mass is 467 g/mol. The summed E-state index contributed by atoms with van der Waals surface area (Å²) in [4.78, 5) is 11.6. The first kappa shape index (κ1) is 21.1. The molecule has 1 aromatic heterocycles. The predicted octanol–water partition coefficient (Wildman–Crippen LogP) is 5.01. The Morgan fingerprint density at radius 2 is 1.63 bits per heavy atom. The number of para-hydroxylation sites is 1. The summed E-state index contributed by atoms with van der Waals surface area (Å²) in [6.45, 7) is 1.03.